The number of carbonyl (C=O) groups is 1. The van der Waals surface area contributed by atoms with Gasteiger partial charge in [-0.25, -0.2) is 0 Å². The summed E-state index contributed by atoms with van der Waals surface area (Å²) in [6, 6.07) is 3.89. The fourth-order valence-electron chi connectivity index (χ4n) is 1.88. The number of aromatic nitrogens is 2. The zero-order valence-electron chi connectivity index (χ0n) is 11.9. The molecule has 0 radical (unpaired) electrons. The Kier molecular flexibility index (Phi) is 5.89. The molecule has 0 amide bonds. The number of nitrogens with zero attached hydrogens (tertiary/aromatic N) is 2. The summed E-state index contributed by atoms with van der Waals surface area (Å²) in [5, 5.41) is 21.8. The maximum absolute atomic E-state index is 10.5. The first-order valence-electron chi connectivity index (χ1n) is 6.94. The lowest BCUT2D eigenvalue weighted by atomic mass is 10.0. The van der Waals surface area contributed by atoms with Gasteiger partial charge in [0.2, 0.25) is 5.89 Å². The molecule has 0 aliphatic rings. The second kappa shape index (κ2) is 7.90. The SMILES string of the molecule is CC(CCNCc1nnc(-c2cccs2)o1)CCC(=O)O. The Morgan fingerprint density at radius 1 is 1.48 bits per heavy atom. The maximum atomic E-state index is 10.5. The fourth-order valence-corrected chi connectivity index (χ4v) is 2.53. The van der Waals surface area contributed by atoms with E-state index in [4.69, 9.17) is 9.52 Å². The molecule has 2 rings (SSSR count). The van der Waals surface area contributed by atoms with Gasteiger partial charge < -0.3 is 14.8 Å². The zero-order chi connectivity index (χ0) is 15.1. The largest absolute Gasteiger partial charge is 0.481 e. The number of carboxylic acids is 1. The van der Waals surface area contributed by atoms with Crippen molar-refractivity contribution in [3.8, 4) is 10.8 Å². The van der Waals surface area contributed by atoms with Gasteiger partial charge in [-0.1, -0.05) is 13.0 Å². The van der Waals surface area contributed by atoms with E-state index in [1.165, 1.54) is 0 Å². The van der Waals surface area contributed by atoms with Gasteiger partial charge in [-0.15, -0.1) is 21.5 Å². The maximum Gasteiger partial charge on any atom is 0.303 e. The summed E-state index contributed by atoms with van der Waals surface area (Å²) in [5.41, 5.74) is 0. The Morgan fingerprint density at radius 2 is 2.33 bits per heavy atom. The number of hydrogen-bond donors (Lipinski definition) is 2. The molecule has 0 saturated carbocycles. The van der Waals surface area contributed by atoms with Crippen LogP contribution in [0.5, 0.6) is 0 Å². The van der Waals surface area contributed by atoms with Crippen molar-refractivity contribution in [2.45, 2.75) is 32.7 Å². The third-order valence-electron chi connectivity index (χ3n) is 3.14. The smallest absolute Gasteiger partial charge is 0.303 e. The number of nitrogens with one attached hydrogen (secondary N) is 1. The minimum absolute atomic E-state index is 0.231. The summed E-state index contributed by atoms with van der Waals surface area (Å²) >= 11 is 1.56. The van der Waals surface area contributed by atoms with Gasteiger partial charge in [0, 0.05) is 6.42 Å². The molecule has 2 aromatic heterocycles. The van der Waals surface area contributed by atoms with E-state index in [-0.39, 0.29) is 6.42 Å². The third-order valence-corrected chi connectivity index (χ3v) is 4.00. The first-order chi connectivity index (χ1) is 10.1. The van der Waals surface area contributed by atoms with E-state index in [1.54, 1.807) is 11.3 Å². The monoisotopic (exact) mass is 309 g/mol. The van der Waals surface area contributed by atoms with E-state index in [9.17, 15) is 4.79 Å². The minimum atomic E-state index is -0.734. The van der Waals surface area contributed by atoms with Crippen molar-refractivity contribution < 1.29 is 14.3 Å². The van der Waals surface area contributed by atoms with Crippen LogP contribution in [0.2, 0.25) is 0 Å². The average molecular weight is 309 g/mol. The molecule has 6 nitrogen and oxygen atoms in total. The van der Waals surface area contributed by atoms with Gasteiger partial charge in [-0.3, -0.25) is 4.79 Å². The van der Waals surface area contributed by atoms with E-state index in [0.29, 0.717) is 30.7 Å². The molecule has 0 saturated heterocycles. The van der Waals surface area contributed by atoms with Crippen molar-refractivity contribution in [3.63, 3.8) is 0 Å². The van der Waals surface area contributed by atoms with E-state index >= 15 is 0 Å². The van der Waals surface area contributed by atoms with Crippen LogP contribution in [0.1, 0.15) is 32.1 Å². The average Bonchev–Trinajstić information content (AvgIpc) is 3.11. The Labute approximate surface area is 127 Å². The van der Waals surface area contributed by atoms with E-state index in [2.05, 4.69) is 22.4 Å². The van der Waals surface area contributed by atoms with Crippen molar-refractivity contribution in [1.82, 2.24) is 15.5 Å². The third kappa shape index (κ3) is 5.28. The normalized spacial score (nSPS) is 12.4. The Balaban J connectivity index is 1.66. The second-order valence-corrected chi connectivity index (χ2v) is 5.93. The van der Waals surface area contributed by atoms with Gasteiger partial charge in [0.25, 0.3) is 5.89 Å². The molecule has 2 heterocycles. The van der Waals surface area contributed by atoms with Gasteiger partial charge in [0.1, 0.15) is 0 Å². The molecule has 2 aromatic rings. The number of thiophene rings is 1. The summed E-state index contributed by atoms with van der Waals surface area (Å²) in [4.78, 5) is 11.4. The molecule has 0 aliphatic carbocycles. The molecule has 0 fully saturated rings. The summed E-state index contributed by atoms with van der Waals surface area (Å²) in [7, 11) is 0. The number of hydrogen-bond acceptors (Lipinski definition) is 6. The summed E-state index contributed by atoms with van der Waals surface area (Å²) < 4.78 is 5.56. The summed E-state index contributed by atoms with van der Waals surface area (Å²) in [6.45, 7) is 3.40. The van der Waals surface area contributed by atoms with Crippen molar-refractivity contribution >= 4 is 17.3 Å². The molecule has 0 aliphatic heterocycles. The molecule has 0 bridgehead atoms. The highest BCUT2D eigenvalue weighted by Gasteiger charge is 2.09. The molecule has 0 spiro atoms. The van der Waals surface area contributed by atoms with Gasteiger partial charge in [0.05, 0.1) is 11.4 Å². The van der Waals surface area contributed by atoms with Gasteiger partial charge >= 0.3 is 5.97 Å². The van der Waals surface area contributed by atoms with Crippen LogP contribution in [-0.2, 0) is 11.3 Å². The Bertz CT molecular complexity index is 554. The minimum Gasteiger partial charge on any atom is -0.481 e. The molecule has 21 heavy (non-hydrogen) atoms. The standard InChI is InChI=1S/C14H19N3O3S/c1-10(4-5-13(18)19)6-7-15-9-12-16-17-14(20-12)11-3-2-8-21-11/h2-3,8,10,15H,4-7,9H2,1H3,(H,18,19). The highest BCUT2D eigenvalue weighted by atomic mass is 32.1. The highest BCUT2D eigenvalue weighted by molar-refractivity contribution is 7.13. The van der Waals surface area contributed by atoms with Crippen LogP contribution in [-0.4, -0.2) is 27.8 Å². The number of rotatable bonds is 9. The molecular formula is C14H19N3O3S. The van der Waals surface area contributed by atoms with E-state index in [1.807, 2.05) is 17.5 Å². The summed E-state index contributed by atoms with van der Waals surface area (Å²) in [5.74, 6) is 0.771. The van der Waals surface area contributed by atoms with Crippen LogP contribution in [0.3, 0.4) is 0 Å². The predicted octanol–water partition coefficient (Wildman–Crippen LogP) is 2.78. The van der Waals surface area contributed by atoms with Crippen molar-refractivity contribution in [1.29, 1.82) is 0 Å². The van der Waals surface area contributed by atoms with Gasteiger partial charge in [-0.2, -0.15) is 0 Å². The second-order valence-electron chi connectivity index (χ2n) is 4.98. The lowest BCUT2D eigenvalue weighted by Gasteiger charge is -2.09. The van der Waals surface area contributed by atoms with Crippen LogP contribution in [0.4, 0.5) is 0 Å². The number of carboxylic acid groups (broad SMARTS) is 1. The van der Waals surface area contributed by atoms with Crippen LogP contribution in [0.15, 0.2) is 21.9 Å². The molecule has 2 N–H and O–H groups in total. The topological polar surface area (TPSA) is 88.3 Å². The molecule has 1 unspecified atom stereocenters. The van der Waals surface area contributed by atoms with Crippen LogP contribution in [0.25, 0.3) is 10.8 Å². The molecule has 0 aromatic carbocycles. The molecule has 7 heteroatoms. The quantitative estimate of drug-likeness (QED) is 0.692. The van der Waals surface area contributed by atoms with Gasteiger partial charge in [-0.05, 0) is 36.8 Å². The van der Waals surface area contributed by atoms with Crippen molar-refractivity contribution in [2.24, 2.45) is 5.92 Å². The Morgan fingerprint density at radius 3 is 3.05 bits per heavy atom. The van der Waals surface area contributed by atoms with Gasteiger partial charge in [0.15, 0.2) is 0 Å². The predicted molar refractivity (Wildman–Crippen MR) is 80.0 cm³/mol. The van der Waals surface area contributed by atoms with E-state index in [0.717, 1.165) is 17.8 Å². The zero-order valence-corrected chi connectivity index (χ0v) is 12.7. The lowest BCUT2D eigenvalue weighted by molar-refractivity contribution is -0.137. The highest BCUT2D eigenvalue weighted by Crippen LogP contribution is 2.22. The summed E-state index contributed by atoms with van der Waals surface area (Å²) in [6.07, 6.45) is 1.87. The molecule has 114 valence electrons. The molecule has 1 atom stereocenters. The van der Waals surface area contributed by atoms with Crippen LogP contribution in [0, 0.1) is 5.92 Å². The fraction of sp³-hybridized carbons (Fsp3) is 0.500. The van der Waals surface area contributed by atoms with Crippen molar-refractivity contribution in [3.05, 3.63) is 23.4 Å². The van der Waals surface area contributed by atoms with Crippen LogP contribution < -0.4 is 5.32 Å². The number of aliphatic carboxylic acids is 1. The molecular weight excluding hydrogens is 290 g/mol. The lowest BCUT2D eigenvalue weighted by Crippen LogP contribution is -2.17. The van der Waals surface area contributed by atoms with Crippen LogP contribution >= 0.6 is 11.3 Å². The Hall–Kier alpha value is -1.73. The van der Waals surface area contributed by atoms with Crippen molar-refractivity contribution in [2.75, 3.05) is 6.54 Å². The first-order valence-corrected chi connectivity index (χ1v) is 7.82. The first kappa shape index (κ1) is 15.7. The van der Waals surface area contributed by atoms with E-state index < -0.39 is 5.97 Å².